The first-order valence-corrected chi connectivity index (χ1v) is 7.64. The zero-order valence-corrected chi connectivity index (χ0v) is 12.1. The molecule has 2 aromatic heterocycles. The molecule has 1 aliphatic heterocycles. The third kappa shape index (κ3) is 2.39. The van der Waals surface area contributed by atoms with Gasteiger partial charge >= 0.3 is 0 Å². The molecule has 5 nitrogen and oxygen atoms in total. The number of fused-ring (bicyclic) bond motifs is 1. The van der Waals surface area contributed by atoms with Crippen LogP contribution in [0.25, 0.3) is 17.1 Å². The molecule has 0 bridgehead atoms. The predicted molar refractivity (Wildman–Crippen MR) is 83.6 cm³/mol. The Labute approximate surface area is 128 Å². The highest BCUT2D eigenvalue weighted by Crippen LogP contribution is 2.25. The number of hydrogen-bond donors (Lipinski definition) is 2. The summed E-state index contributed by atoms with van der Waals surface area (Å²) in [6, 6.07) is 4.27. The fourth-order valence-corrected chi connectivity index (χ4v) is 3.07. The van der Waals surface area contributed by atoms with Gasteiger partial charge in [0.25, 0.3) is 0 Å². The second-order valence-corrected chi connectivity index (χ2v) is 5.75. The average Bonchev–Trinajstić information content (AvgIpc) is 3.23. The van der Waals surface area contributed by atoms with E-state index >= 15 is 0 Å². The van der Waals surface area contributed by atoms with Crippen molar-refractivity contribution in [2.24, 2.45) is 0 Å². The van der Waals surface area contributed by atoms with Crippen molar-refractivity contribution >= 4 is 22.9 Å². The second-order valence-electron chi connectivity index (χ2n) is 5.75. The van der Waals surface area contributed by atoms with Crippen molar-refractivity contribution in [3.05, 3.63) is 47.8 Å². The Hall–Kier alpha value is -2.56. The average molecular weight is 295 g/mol. The number of pyridine rings is 1. The van der Waals surface area contributed by atoms with Gasteiger partial charge < -0.3 is 15.0 Å². The van der Waals surface area contributed by atoms with Gasteiger partial charge in [0.15, 0.2) is 11.6 Å². The molecular weight excluding hydrogens is 278 g/mol. The lowest BCUT2D eigenvalue weighted by molar-refractivity contribution is -0.112. The molecule has 0 saturated heterocycles. The topological polar surface area (TPSA) is 67.0 Å². The van der Waals surface area contributed by atoms with Crippen molar-refractivity contribution in [1.82, 2.24) is 15.3 Å². The smallest absolute Gasteiger partial charge is 0.226 e. The van der Waals surface area contributed by atoms with Gasteiger partial charge in [0.1, 0.15) is 5.65 Å². The van der Waals surface area contributed by atoms with Gasteiger partial charge in [-0.05, 0) is 31.1 Å². The molecule has 1 saturated carbocycles. The molecule has 0 atom stereocenters. The van der Waals surface area contributed by atoms with E-state index in [1.807, 2.05) is 18.3 Å². The van der Waals surface area contributed by atoms with E-state index in [1.165, 1.54) is 18.9 Å². The number of nitrogens with zero attached hydrogens (tertiary/aromatic N) is 1. The van der Waals surface area contributed by atoms with Gasteiger partial charge in [-0.1, -0.05) is 12.8 Å². The van der Waals surface area contributed by atoms with Gasteiger partial charge in [-0.25, -0.2) is 4.98 Å². The van der Waals surface area contributed by atoms with Crippen LogP contribution in [-0.2, 0) is 9.53 Å². The van der Waals surface area contributed by atoms with Crippen LogP contribution in [0.1, 0.15) is 31.2 Å². The van der Waals surface area contributed by atoms with Crippen molar-refractivity contribution in [1.29, 1.82) is 0 Å². The van der Waals surface area contributed by atoms with Crippen LogP contribution < -0.4 is 5.32 Å². The van der Waals surface area contributed by atoms with E-state index in [0.717, 1.165) is 29.4 Å². The van der Waals surface area contributed by atoms with Crippen LogP contribution in [0, 0.1) is 0 Å². The number of nitrogens with one attached hydrogen (secondary N) is 2. The summed E-state index contributed by atoms with van der Waals surface area (Å²) in [5.41, 5.74) is 1.71. The van der Waals surface area contributed by atoms with E-state index in [4.69, 9.17) is 4.74 Å². The van der Waals surface area contributed by atoms with Gasteiger partial charge in [0.2, 0.25) is 5.78 Å². The first kappa shape index (κ1) is 13.1. The lowest BCUT2D eigenvalue weighted by Gasteiger charge is -2.13. The summed E-state index contributed by atoms with van der Waals surface area (Å²) >= 11 is 0. The van der Waals surface area contributed by atoms with Crippen LogP contribution in [0.4, 0.5) is 0 Å². The Bertz CT molecular complexity index is 782. The van der Waals surface area contributed by atoms with Crippen molar-refractivity contribution < 1.29 is 9.53 Å². The highest BCUT2D eigenvalue weighted by atomic mass is 16.5. The molecule has 0 radical (unpaired) electrons. The number of rotatable bonds is 3. The molecule has 1 aliphatic carbocycles. The molecule has 112 valence electrons. The first-order chi connectivity index (χ1) is 10.8. The molecule has 3 heterocycles. The largest absolute Gasteiger partial charge is 0.437 e. The maximum absolute atomic E-state index is 12.1. The summed E-state index contributed by atoms with van der Waals surface area (Å²) in [4.78, 5) is 19.4. The number of ether oxygens (including phenoxy) is 1. The fourth-order valence-electron chi connectivity index (χ4n) is 3.07. The summed E-state index contributed by atoms with van der Waals surface area (Å²) in [5.74, 6) is 0.824. The maximum Gasteiger partial charge on any atom is 0.226 e. The Kier molecular flexibility index (Phi) is 3.18. The number of aromatic amines is 1. The fraction of sp³-hybridized carbons (Fsp3) is 0.294. The molecule has 0 unspecified atom stereocenters. The molecule has 2 N–H and O–H groups in total. The molecule has 4 rings (SSSR count). The predicted octanol–water partition coefficient (Wildman–Crippen LogP) is 2.88. The molecule has 0 spiro atoms. The van der Waals surface area contributed by atoms with Crippen LogP contribution in [0.3, 0.4) is 0 Å². The van der Waals surface area contributed by atoms with Crippen LogP contribution in [0.15, 0.2) is 42.2 Å². The summed E-state index contributed by atoms with van der Waals surface area (Å²) < 4.78 is 5.69. The van der Waals surface area contributed by atoms with Crippen LogP contribution in [0.2, 0.25) is 0 Å². The lowest BCUT2D eigenvalue weighted by atomic mass is 10.2. The normalized spacial score (nSPS) is 20.6. The Morgan fingerprint density at radius 3 is 3.09 bits per heavy atom. The van der Waals surface area contributed by atoms with Gasteiger partial charge in [-0.2, -0.15) is 0 Å². The van der Waals surface area contributed by atoms with Gasteiger partial charge in [-0.3, -0.25) is 4.79 Å². The second kappa shape index (κ2) is 5.33. The standard InChI is InChI=1S/C17H17N3O2/c21-14-9-16(20-12-4-1-2-5-12)22-15(14)8-11-10-19-17-13(11)6-3-7-18-17/h3,6-10,12,20H,1-2,4-5H2,(H,18,19). The summed E-state index contributed by atoms with van der Waals surface area (Å²) in [6.45, 7) is 0. The number of ketones is 1. The minimum Gasteiger partial charge on any atom is -0.437 e. The van der Waals surface area contributed by atoms with Crippen LogP contribution in [-0.4, -0.2) is 21.8 Å². The highest BCUT2D eigenvalue weighted by Gasteiger charge is 2.24. The van der Waals surface area contributed by atoms with E-state index in [2.05, 4.69) is 15.3 Å². The molecule has 2 aromatic rings. The van der Waals surface area contributed by atoms with Crippen molar-refractivity contribution in [3.63, 3.8) is 0 Å². The third-order valence-electron chi connectivity index (χ3n) is 4.20. The molecule has 22 heavy (non-hydrogen) atoms. The van der Waals surface area contributed by atoms with Gasteiger partial charge in [0.05, 0.1) is 0 Å². The van der Waals surface area contributed by atoms with Crippen molar-refractivity contribution in [3.8, 4) is 0 Å². The first-order valence-electron chi connectivity index (χ1n) is 7.64. The Morgan fingerprint density at radius 1 is 1.36 bits per heavy atom. The number of H-pyrrole nitrogens is 1. The van der Waals surface area contributed by atoms with Crippen LogP contribution in [0.5, 0.6) is 0 Å². The van der Waals surface area contributed by atoms with E-state index in [1.54, 1.807) is 12.3 Å². The van der Waals surface area contributed by atoms with Crippen molar-refractivity contribution in [2.45, 2.75) is 31.7 Å². The Morgan fingerprint density at radius 2 is 2.23 bits per heavy atom. The van der Waals surface area contributed by atoms with Gasteiger partial charge in [0, 0.05) is 35.5 Å². The zero-order chi connectivity index (χ0) is 14.9. The molecular formula is C17H17N3O2. The lowest BCUT2D eigenvalue weighted by Crippen LogP contribution is -2.25. The quantitative estimate of drug-likeness (QED) is 0.854. The van der Waals surface area contributed by atoms with E-state index in [9.17, 15) is 4.79 Å². The van der Waals surface area contributed by atoms with E-state index in [0.29, 0.717) is 17.7 Å². The summed E-state index contributed by atoms with van der Waals surface area (Å²) in [5, 5.41) is 4.29. The number of carbonyl (C=O) groups is 1. The molecule has 5 heteroatoms. The number of hydrogen-bond acceptors (Lipinski definition) is 4. The summed E-state index contributed by atoms with van der Waals surface area (Å²) in [6.07, 6.45) is 11.6. The van der Waals surface area contributed by atoms with E-state index in [-0.39, 0.29) is 5.78 Å². The van der Waals surface area contributed by atoms with Crippen LogP contribution >= 0.6 is 0 Å². The minimum absolute atomic E-state index is 0.0984. The summed E-state index contributed by atoms with van der Waals surface area (Å²) in [7, 11) is 0. The maximum atomic E-state index is 12.1. The number of aromatic nitrogens is 2. The van der Waals surface area contributed by atoms with Crippen molar-refractivity contribution in [2.75, 3.05) is 0 Å². The molecule has 0 aromatic carbocycles. The molecule has 0 amide bonds. The molecule has 1 fully saturated rings. The number of carbonyl (C=O) groups excluding carboxylic acids is 1. The Balaban J connectivity index is 1.55. The van der Waals surface area contributed by atoms with Gasteiger partial charge in [-0.15, -0.1) is 0 Å². The SMILES string of the molecule is O=C1C=C(NC2CCCC2)OC1=Cc1c[nH]c2ncccc12. The minimum atomic E-state index is -0.0984. The zero-order valence-electron chi connectivity index (χ0n) is 12.1. The van der Waals surface area contributed by atoms with E-state index < -0.39 is 0 Å². The molecule has 2 aliphatic rings. The third-order valence-corrected chi connectivity index (χ3v) is 4.20. The highest BCUT2D eigenvalue weighted by molar-refractivity contribution is 6.08. The monoisotopic (exact) mass is 295 g/mol. The number of allylic oxidation sites excluding steroid dienone is 1.